The second-order valence-corrected chi connectivity index (χ2v) is 12.2. The Kier molecular flexibility index (Phi) is 6.22. The first-order valence-electron chi connectivity index (χ1n) is 11.3. The Bertz CT molecular complexity index is 1350. The van der Waals surface area contributed by atoms with Crippen LogP contribution < -0.4 is 11.1 Å². The number of aromatic nitrogens is 1. The first-order chi connectivity index (χ1) is 17.0. The minimum Gasteiger partial charge on any atom is -0.368 e. The quantitative estimate of drug-likeness (QED) is 0.547. The molecule has 0 spiro atoms. The van der Waals surface area contributed by atoms with Crippen LogP contribution in [0.25, 0.3) is 0 Å². The van der Waals surface area contributed by atoms with E-state index in [0.717, 1.165) is 4.90 Å². The molecule has 3 amide bonds. The average molecular weight is 552 g/mol. The van der Waals surface area contributed by atoms with Gasteiger partial charge in [-0.1, -0.05) is 29.3 Å². The molecule has 1 saturated carbocycles. The SMILES string of the molecule is NC(=O)C1CC(=O)N2C(Cc3cccnc3)C(=O)N(C3CC3)CC2(S(=O)(=O)c2ccc(Cl)cc2Cl)N1. The zero-order valence-corrected chi connectivity index (χ0v) is 21.3. The second kappa shape index (κ2) is 8.98. The van der Waals surface area contributed by atoms with Crippen molar-refractivity contribution >= 4 is 50.8 Å². The summed E-state index contributed by atoms with van der Waals surface area (Å²) >= 11 is 12.3. The van der Waals surface area contributed by atoms with E-state index in [0.29, 0.717) is 18.4 Å². The van der Waals surface area contributed by atoms with E-state index in [1.54, 1.807) is 24.5 Å². The molecule has 3 aliphatic rings. The predicted molar refractivity (Wildman–Crippen MR) is 130 cm³/mol. The van der Waals surface area contributed by atoms with Gasteiger partial charge in [-0.3, -0.25) is 29.6 Å². The molecule has 36 heavy (non-hydrogen) atoms. The van der Waals surface area contributed by atoms with E-state index >= 15 is 0 Å². The van der Waals surface area contributed by atoms with Crippen LogP contribution in [-0.2, 0) is 30.6 Å². The van der Waals surface area contributed by atoms with Crippen molar-refractivity contribution in [1.82, 2.24) is 20.1 Å². The lowest BCUT2D eigenvalue weighted by molar-refractivity contribution is -0.166. The third-order valence-electron chi connectivity index (χ3n) is 6.81. The number of halogens is 2. The monoisotopic (exact) mass is 551 g/mol. The number of amides is 3. The van der Waals surface area contributed by atoms with Crippen molar-refractivity contribution in [3.8, 4) is 0 Å². The Morgan fingerprint density at radius 3 is 2.58 bits per heavy atom. The lowest BCUT2D eigenvalue weighted by atomic mass is 9.96. The van der Waals surface area contributed by atoms with Crippen LogP contribution >= 0.6 is 23.2 Å². The molecule has 3 atom stereocenters. The Morgan fingerprint density at radius 1 is 1.22 bits per heavy atom. The molecule has 1 aliphatic carbocycles. The van der Waals surface area contributed by atoms with Crippen molar-refractivity contribution in [2.45, 2.75) is 53.7 Å². The molecule has 0 bridgehead atoms. The van der Waals surface area contributed by atoms with Gasteiger partial charge >= 0.3 is 0 Å². The van der Waals surface area contributed by atoms with Crippen molar-refractivity contribution in [2.24, 2.45) is 5.73 Å². The van der Waals surface area contributed by atoms with Crippen LogP contribution in [0.15, 0.2) is 47.6 Å². The number of benzene rings is 1. The minimum atomic E-state index is -4.53. The van der Waals surface area contributed by atoms with Crippen LogP contribution in [0, 0.1) is 0 Å². The number of pyridine rings is 1. The lowest BCUT2D eigenvalue weighted by Crippen LogP contribution is -2.82. The van der Waals surface area contributed by atoms with Crippen LogP contribution in [0.1, 0.15) is 24.8 Å². The minimum absolute atomic E-state index is 0.0379. The Labute approximate surface area is 217 Å². The molecule has 2 saturated heterocycles. The summed E-state index contributed by atoms with van der Waals surface area (Å²) in [5.74, 6) is -1.91. The topological polar surface area (TPSA) is 143 Å². The van der Waals surface area contributed by atoms with Crippen molar-refractivity contribution in [3.63, 3.8) is 0 Å². The van der Waals surface area contributed by atoms with Gasteiger partial charge in [-0.05, 0) is 42.7 Å². The standard InChI is InChI=1S/C23H23Cl2N5O5S/c24-14-3-6-19(16(25)9-14)36(34,35)23-12-29(15-4-5-15)22(33)18(8-13-2-1-7-27-11-13)30(23)20(31)10-17(28-23)21(26)32/h1-3,6-7,9,11,15,17-18,28H,4-5,8,10,12H2,(H2,26,32). The average Bonchev–Trinajstić information content (AvgIpc) is 3.66. The van der Waals surface area contributed by atoms with Crippen molar-refractivity contribution in [3.05, 3.63) is 58.3 Å². The molecular weight excluding hydrogens is 529 g/mol. The van der Waals surface area contributed by atoms with E-state index in [2.05, 4.69) is 10.3 Å². The van der Waals surface area contributed by atoms with Gasteiger partial charge in [0.05, 0.1) is 28.9 Å². The molecule has 13 heteroatoms. The van der Waals surface area contributed by atoms with Gasteiger partial charge in [-0.25, -0.2) is 8.42 Å². The van der Waals surface area contributed by atoms with E-state index in [-0.39, 0.29) is 46.3 Å². The van der Waals surface area contributed by atoms with E-state index < -0.39 is 38.7 Å². The van der Waals surface area contributed by atoms with E-state index in [4.69, 9.17) is 28.9 Å². The van der Waals surface area contributed by atoms with E-state index in [1.807, 2.05) is 0 Å². The zero-order valence-electron chi connectivity index (χ0n) is 18.9. The maximum atomic E-state index is 14.4. The Balaban J connectivity index is 1.72. The van der Waals surface area contributed by atoms with Crippen LogP contribution in [0.2, 0.25) is 10.0 Å². The molecule has 10 nitrogen and oxygen atoms in total. The van der Waals surface area contributed by atoms with Crippen LogP contribution in [0.5, 0.6) is 0 Å². The predicted octanol–water partition coefficient (Wildman–Crippen LogP) is 1.11. The maximum Gasteiger partial charge on any atom is 0.246 e. The zero-order chi connectivity index (χ0) is 25.8. The number of rotatable bonds is 6. The third-order valence-corrected chi connectivity index (χ3v) is 9.74. The number of carbonyl (C=O) groups excluding carboxylic acids is 3. The number of piperazine rings is 1. The summed E-state index contributed by atoms with van der Waals surface area (Å²) in [6.45, 7) is -0.378. The van der Waals surface area contributed by atoms with Crippen LogP contribution in [-0.4, -0.2) is 70.6 Å². The normalized spacial score (nSPS) is 26.6. The highest BCUT2D eigenvalue weighted by atomic mass is 35.5. The summed E-state index contributed by atoms with van der Waals surface area (Å²) in [5.41, 5.74) is 6.18. The van der Waals surface area contributed by atoms with Gasteiger partial charge in [0.15, 0.2) is 0 Å². The highest BCUT2D eigenvalue weighted by Crippen LogP contribution is 2.43. The summed E-state index contributed by atoms with van der Waals surface area (Å²) in [6.07, 6.45) is 4.19. The number of hydrogen-bond donors (Lipinski definition) is 2. The molecule has 2 aliphatic heterocycles. The highest BCUT2D eigenvalue weighted by Gasteiger charge is 2.64. The summed E-state index contributed by atoms with van der Waals surface area (Å²) in [7, 11) is -4.53. The number of hydrogen-bond acceptors (Lipinski definition) is 7. The maximum absolute atomic E-state index is 14.4. The first kappa shape index (κ1) is 24.9. The molecule has 0 radical (unpaired) electrons. The van der Waals surface area contributed by atoms with Gasteiger partial charge in [-0.2, -0.15) is 0 Å². The van der Waals surface area contributed by atoms with Crippen LogP contribution in [0.4, 0.5) is 0 Å². The van der Waals surface area contributed by atoms with Crippen molar-refractivity contribution in [2.75, 3.05) is 6.54 Å². The van der Waals surface area contributed by atoms with Crippen molar-refractivity contribution < 1.29 is 22.8 Å². The third kappa shape index (κ3) is 4.03. The fourth-order valence-electron chi connectivity index (χ4n) is 4.98. The van der Waals surface area contributed by atoms with Gasteiger partial charge in [0.25, 0.3) is 0 Å². The van der Waals surface area contributed by atoms with Gasteiger partial charge in [0.2, 0.25) is 32.6 Å². The molecule has 3 N–H and O–H groups in total. The Morgan fingerprint density at radius 2 is 1.97 bits per heavy atom. The molecule has 3 heterocycles. The summed E-state index contributed by atoms with van der Waals surface area (Å²) in [4.78, 5) is 43.7. The molecule has 3 fully saturated rings. The number of carbonyl (C=O) groups is 3. The molecular formula is C23H23Cl2N5O5S. The summed E-state index contributed by atoms with van der Waals surface area (Å²) in [5, 5.41) is 2.95. The number of primary amides is 1. The number of fused-ring (bicyclic) bond motifs is 1. The Hall–Kier alpha value is -2.73. The fourth-order valence-corrected chi connectivity index (χ4v) is 7.71. The number of nitrogens with two attached hydrogens (primary N) is 1. The first-order valence-corrected chi connectivity index (χ1v) is 13.6. The fraction of sp³-hybridized carbons (Fsp3) is 0.391. The van der Waals surface area contributed by atoms with Gasteiger partial charge < -0.3 is 10.6 Å². The molecule has 1 aromatic heterocycles. The molecule has 2 aromatic rings. The highest BCUT2D eigenvalue weighted by molar-refractivity contribution is 7.93. The van der Waals surface area contributed by atoms with Gasteiger partial charge in [-0.15, -0.1) is 0 Å². The molecule has 5 rings (SSSR count). The number of nitrogens with zero attached hydrogens (tertiary/aromatic N) is 3. The number of sulfone groups is 1. The van der Waals surface area contributed by atoms with Gasteiger partial charge in [0, 0.05) is 29.9 Å². The smallest absolute Gasteiger partial charge is 0.246 e. The summed E-state index contributed by atoms with van der Waals surface area (Å²) < 4.78 is 28.8. The van der Waals surface area contributed by atoms with Gasteiger partial charge in [0.1, 0.15) is 6.04 Å². The van der Waals surface area contributed by atoms with E-state index in [9.17, 15) is 22.8 Å². The van der Waals surface area contributed by atoms with Crippen LogP contribution in [0.3, 0.4) is 0 Å². The second-order valence-electron chi connectivity index (χ2n) is 9.21. The lowest BCUT2D eigenvalue weighted by Gasteiger charge is -2.56. The molecule has 190 valence electrons. The van der Waals surface area contributed by atoms with E-state index in [1.165, 1.54) is 23.1 Å². The molecule has 3 unspecified atom stereocenters. The molecule has 1 aromatic carbocycles. The largest absolute Gasteiger partial charge is 0.368 e. The number of nitrogens with one attached hydrogen (secondary N) is 1. The summed E-state index contributed by atoms with van der Waals surface area (Å²) in [6, 6.07) is 4.76. The van der Waals surface area contributed by atoms with Crippen molar-refractivity contribution in [1.29, 1.82) is 0 Å².